The third-order valence-electron chi connectivity index (χ3n) is 8.08. The highest BCUT2D eigenvalue weighted by Gasteiger charge is 2.61. The molecule has 2 aliphatic rings. The van der Waals surface area contributed by atoms with Gasteiger partial charge in [-0.15, -0.1) is 6.58 Å². The maximum atomic E-state index is 13.8. The lowest BCUT2D eigenvalue weighted by molar-refractivity contribution is -0.188. The number of aromatic hydroxyl groups is 1. The zero-order chi connectivity index (χ0) is 26.6. The Balaban J connectivity index is 1.80. The Hall–Kier alpha value is -3.12. The first-order chi connectivity index (χ1) is 17.7. The Labute approximate surface area is 220 Å². The minimum atomic E-state index is -0.760. The SMILES string of the molecule is C=CCN1CC[C@@]2(c3cccc(O)c3)C[C@@H](N(CC(C)C)C(=O)c3ccccc3)CC[C@]2(OC(C)=O)C1. The van der Waals surface area contributed by atoms with Crippen LogP contribution in [0.15, 0.2) is 67.3 Å². The zero-order valence-electron chi connectivity index (χ0n) is 22.4. The normalized spacial score (nSPS) is 25.8. The number of rotatable bonds is 8. The molecule has 0 aromatic heterocycles. The molecule has 1 aliphatic heterocycles. The molecule has 4 rings (SSSR count). The first-order valence-corrected chi connectivity index (χ1v) is 13.4. The summed E-state index contributed by atoms with van der Waals surface area (Å²) in [4.78, 5) is 30.7. The lowest BCUT2D eigenvalue weighted by Crippen LogP contribution is -2.68. The van der Waals surface area contributed by atoms with Crippen LogP contribution >= 0.6 is 0 Å². The molecule has 1 N–H and O–H groups in total. The molecule has 0 unspecified atom stereocenters. The molecular formula is C31H40N2O4. The third kappa shape index (κ3) is 5.45. The number of carbonyl (C=O) groups is 2. The molecule has 1 amide bonds. The van der Waals surface area contributed by atoms with E-state index in [1.54, 1.807) is 6.07 Å². The van der Waals surface area contributed by atoms with Crippen molar-refractivity contribution in [2.75, 3.05) is 26.2 Å². The van der Waals surface area contributed by atoms with Crippen molar-refractivity contribution in [1.29, 1.82) is 0 Å². The second-order valence-electron chi connectivity index (χ2n) is 11.1. The van der Waals surface area contributed by atoms with E-state index in [1.165, 1.54) is 6.92 Å². The topological polar surface area (TPSA) is 70.1 Å². The van der Waals surface area contributed by atoms with Crippen molar-refractivity contribution < 1.29 is 19.4 Å². The summed E-state index contributed by atoms with van der Waals surface area (Å²) >= 11 is 0. The minimum Gasteiger partial charge on any atom is -0.508 e. The molecule has 2 aromatic carbocycles. The van der Waals surface area contributed by atoms with Gasteiger partial charge in [0, 0.05) is 43.6 Å². The van der Waals surface area contributed by atoms with Crippen molar-refractivity contribution in [3.63, 3.8) is 0 Å². The summed E-state index contributed by atoms with van der Waals surface area (Å²) in [5.74, 6) is 0.231. The molecule has 0 radical (unpaired) electrons. The molecule has 2 aromatic rings. The van der Waals surface area contributed by atoms with Crippen LogP contribution in [0, 0.1) is 5.92 Å². The van der Waals surface area contributed by atoms with E-state index >= 15 is 0 Å². The van der Waals surface area contributed by atoms with Gasteiger partial charge in [0.15, 0.2) is 0 Å². The van der Waals surface area contributed by atoms with E-state index in [0.717, 1.165) is 24.9 Å². The van der Waals surface area contributed by atoms with E-state index in [4.69, 9.17) is 4.74 Å². The minimum absolute atomic E-state index is 0.0212. The van der Waals surface area contributed by atoms with Gasteiger partial charge in [-0.1, -0.05) is 50.3 Å². The van der Waals surface area contributed by atoms with Crippen LogP contribution in [-0.4, -0.2) is 64.6 Å². The molecule has 3 atom stereocenters. The smallest absolute Gasteiger partial charge is 0.303 e. The summed E-state index contributed by atoms with van der Waals surface area (Å²) in [6.45, 7) is 12.4. The van der Waals surface area contributed by atoms with Crippen molar-refractivity contribution in [2.24, 2.45) is 5.92 Å². The number of ether oxygens (including phenoxy) is 1. The first kappa shape index (κ1) is 26.9. The van der Waals surface area contributed by atoms with Crippen LogP contribution in [0.4, 0.5) is 0 Å². The summed E-state index contributed by atoms with van der Waals surface area (Å²) in [5, 5.41) is 10.5. The Morgan fingerprint density at radius 3 is 2.59 bits per heavy atom. The highest BCUT2D eigenvalue weighted by molar-refractivity contribution is 5.94. The van der Waals surface area contributed by atoms with Crippen molar-refractivity contribution in [3.8, 4) is 5.75 Å². The van der Waals surface area contributed by atoms with E-state index in [0.29, 0.717) is 44.0 Å². The van der Waals surface area contributed by atoms with Gasteiger partial charge in [0.2, 0.25) is 0 Å². The van der Waals surface area contributed by atoms with E-state index in [9.17, 15) is 14.7 Å². The summed E-state index contributed by atoms with van der Waals surface area (Å²) < 4.78 is 6.31. The molecule has 1 saturated heterocycles. The van der Waals surface area contributed by atoms with Crippen LogP contribution in [0.3, 0.4) is 0 Å². The number of phenolic OH excluding ortho intramolecular Hbond substituents is 1. The van der Waals surface area contributed by atoms with Gasteiger partial charge in [0.1, 0.15) is 11.4 Å². The molecule has 2 fully saturated rings. The van der Waals surface area contributed by atoms with Crippen LogP contribution in [0.5, 0.6) is 5.75 Å². The second-order valence-corrected chi connectivity index (χ2v) is 11.1. The van der Waals surface area contributed by atoms with Crippen molar-refractivity contribution in [2.45, 2.75) is 63.5 Å². The van der Waals surface area contributed by atoms with Gasteiger partial charge < -0.3 is 14.7 Å². The largest absolute Gasteiger partial charge is 0.508 e. The van der Waals surface area contributed by atoms with Crippen LogP contribution in [-0.2, 0) is 14.9 Å². The van der Waals surface area contributed by atoms with Crippen molar-refractivity contribution in [3.05, 3.63) is 78.4 Å². The van der Waals surface area contributed by atoms with Gasteiger partial charge in [-0.25, -0.2) is 0 Å². The van der Waals surface area contributed by atoms with Crippen LogP contribution in [0.2, 0.25) is 0 Å². The quantitative estimate of drug-likeness (QED) is 0.397. The molecule has 1 saturated carbocycles. The van der Waals surface area contributed by atoms with Crippen molar-refractivity contribution in [1.82, 2.24) is 9.80 Å². The summed E-state index contributed by atoms with van der Waals surface area (Å²) in [6, 6.07) is 16.8. The second kappa shape index (κ2) is 11.1. The van der Waals surface area contributed by atoms with Gasteiger partial charge >= 0.3 is 5.97 Å². The monoisotopic (exact) mass is 504 g/mol. The Morgan fingerprint density at radius 2 is 1.95 bits per heavy atom. The maximum absolute atomic E-state index is 13.8. The fourth-order valence-corrected chi connectivity index (χ4v) is 6.61. The summed E-state index contributed by atoms with van der Waals surface area (Å²) in [7, 11) is 0. The van der Waals surface area contributed by atoms with E-state index in [-0.39, 0.29) is 23.7 Å². The number of phenols is 1. The number of nitrogens with zero attached hydrogens (tertiary/aromatic N) is 2. The van der Waals surface area contributed by atoms with Gasteiger partial charge in [-0.05, 0) is 68.0 Å². The number of benzene rings is 2. The number of esters is 1. The Kier molecular flexibility index (Phi) is 8.08. The summed E-state index contributed by atoms with van der Waals surface area (Å²) in [5.41, 5.74) is 0.356. The molecule has 1 aliphatic carbocycles. The fraction of sp³-hybridized carbons (Fsp3) is 0.484. The lowest BCUT2D eigenvalue weighted by Gasteiger charge is -2.60. The number of hydrogen-bond acceptors (Lipinski definition) is 5. The van der Waals surface area contributed by atoms with E-state index in [1.807, 2.05) is 59.5 Å². The average molecular weight is 505 g/mol. The number of carbonyl (C=O) groups excluding carboxylic acids is 2. The Morgan fingerprint density at radius 1 is 1.19 bits per heavy atom. The van der Waals surface area contributed by atoms with Gasteiger partial charge in [-0.3, -0.25) is 14.5 Å². The third-order valence-corrected chi connectivity index (χ3v) is 8.08. The number of piperidine rings is 1. The molecule has 0 spiro atoms. The lowest BCUT2D eigenvalue weighted by atomic mass is 9.54. The van der Waals surface area contributed by atoms with Gasteiger partial charge in [0.05, 0.1) is 0 Å². The van der Waals surface area contributed by atoms with Crippen LogP contribution in [0.25, 0.3) is 0 Å². The number of fused-ring (bicyclic) bond motifs is 1. The highest BCUT2D eigenvalue weighted by atomic mass is 16.6. The fourth-order valence-electron chi connectivity index (χ4n) is 6.61. The number of amides is 1. The predicted molar refractivity (Wildman–Crippen MR) is 145 cm³/mol. The van der Waals surface area contributed by atoms with Gasteiger partial charge in [0.25, 0.3) is 5.91 Å². The van der Waals surface area contributed by atoms with E-state index in [2.05, 4.69) is 25.3 Å². The summed E-state index contributed by atoms with van der Waals surface area (Å²) in [6.07, 6.45) is 4.68. The molecule has 6 heteroatoms. The molecular weight excluding hydrogens is 464 g/mol. The standard InChI is InChI=1S/C31H40N2O4/c1-5-17-32-18-16-30(26-12-9-13-28(35)19-26)20-27(14-15-31(30,22-32)37-24(4)34)33(21-23(2)3)29(36)25-10-7-6-8-11-25/h5-13,19,23,27,35H,1,14-18,20-22H2,2-4H3/t27-,30-,31-/m0/s1. The van der Waals surface area contributed by atoms with Gasteiger partial charge in [-0.2, -0.15) is 0 Å². The van der Waals surface area contributed by atoms with Crippen LogP contribution in [0.1, 0.15) is 62.4 Å². The molecule has 198 valence electrons. The average Bonchev–Trinajstić information content (AvgIpc) is 2.87. The molecule has 37 heavy (non-hydrogen) atoms. The predicted octanol–water partition coefficient (Wildman–Crippen LogP) is 5.17. The highest BCUT2D eigenvalue weighted by Crippen LogP contribution is 2.55. The number of hydrogen-bond donors (Lipinski definition) is 1. The zero-order valence-corrected chi connectivity index (χ0v) is 22.4. The molecule has 0 bridgehead atoms. The molecule has 1 heterocycles. The first-order valence-electron chi connectivity index (χ1n) is 13.4. The Bertz CT molecular complexity index is 1120. The maximum Gasteiger partial charge on any atom is 0.303 e. The van der Waals surface area contributed by atoms with E-state index < -0.39 is 11.0 Å². The molecule has 6 nitrogen and oxygen atoms in total. The van der Waals surface area contributed by atoms with Crippen molar-refractivity contribution >= 4 is 11.9 Å². The van der Waals surface area contributed by atoms with Crippen LogP contribution < -0.4 is 0 Å². The number of likely N-dealkylation sites (tertiary alicyclic amines) is 1.